The van der Waals surface area contributed by atoms with E-state index in [1.54, 1.807) is 0 Å². The van der Waals surface area contributed by atoms with E-state index in [0.717, 1.165) is 5.69 Å². The summed E-state index contributed by atoms with van der Waals surface area (Å²) in [5, 5.41) is 7.04. The molecule has 0 radical (unpaired) electrons. The molecule has 2 nitrogen and oxygen atoms in total. The molecule has 1 N–H and O–H groups in total. The van der Waals surface area contributed by atoms with E-state index in [1.165, 1.54) is 10.8 Å². The third-order valence-corrected chi connectivity index (χ3v) is 3.05. The van der Waals surface area contributed by atoms with Crippen LogP contribution in [0.25, 0.3) is 15.9 Å². The van der Waals surface area contributed by atoms with Crippen LogP contribution in [0.1, 0.15) is 0 Å². The zero-order chi connectivity index (χ0) is 11.6. The first-order chi connectivity index (χ1) is 7.54. The molecule has 17 heavy (non-hydrogen) atoms. The van der Waals surface area contributed by atoms with Gasteiger partial charge in [-0.05, 0) is 22.9 Å². The van der Waals surface area contributed by atoms with Gasteiger partial charge in [0.15, 0.2) is 0 Å². The third kappa shape index (κ3) is 4.21. The Labute approximate surface area is 116 Å². The molecule has 0 saturated heterocycles. The summed E-state index contributed by atoms with van der Waals surface area (Å²) in [4.78, 5) is 0. The molecular weight excluding hydrogens is 219 g/mol. The van der Waals surface area contributed by atoms with Crippen LogP contribution in [0.3, 0.4) is 0 Å². The molecule has 4 heteroatoms. The van der Waals surface area contributed by atoms with Gasteiger partial charge in [0.05, 0.1) is 0 Å². The van der Waals surface area contributed by atoms with Crippen molar-refractivity contribution >= 4 is 24.7 Å². The van der Waals surface area contributed by atoms with Crippen molar-refractivity contribution < 1.29 is 18.9 Å². The van der Waals surface area contributed by atoms with E-state index in [2.05, 4.69) is 72.6 Å². The maximum absolute atomic E-state index is 4.52. The topological polar surface area (TPSA) is 26.1 Å². The van der Waals surface area contributed by atoms with Crippen LogP contribution < -0.4 is 24.3 Å². The van der Waals surface area contributed by atoms with E-state index in [4.69, 9.17) is 0 Å². The van der Waals surface area contributed by atoms with E-state index in [9.17, 15) is 0 Å². The van der Waals surface area contributed by atoms with Crippen LogP contribution in [0, 0.1) is 0 Å². The number of fused-ring (bicyclic) bond motifs is 1. The fourth-order valence-electron chi connectivity index (χ4n) is 1.49. The number of hydrogen-bond acceptors (Lipinski definition) is 1. The molecule has 2 aromatic rings. The third-order valence-electron chi connectivity index (χ3n) is 2.27. The SMILES string of the molecule is C[Si](C)(C)[N-]Nc1ccc2ccccc2c1.[Li+]. The number of hydrogen-bond donors (Lipinski definition) is 1. The Morgan fingerprint density at radius 3 is 2.24 bits per heavy atom. The predicted octanol–water partition coefficient (Wildman–Crippen LogP) is 1.38. The van der Waals surface area contributed by atoms with Crippen LogP contribution >= 0.6 is 0 Å². The fourth-order valence-corrected chi connectivity index (χ4v) is 1.96. The Hall–Kier alpha value is -0.726. The number of rotatable bonds is 3. The summed E-state index contributed by atoms with van der Waals surface area (Å²) in [6.45, 7) is 6.63. The summed E-state index contributed by atoms with van der Waals surface area (Å²) in [6.07, 6.45) is 0. The van der Waals surface area contributed by atoms with Gasteiger partial charge in [-0.3, -0.25) is 0 Å². The smallest absolute Gasteiger partial charge is 0.574 e. The minimum absolute atomic E-state index is 0. The van der Waals surface area contributed by atoms with Gasteiger partial charge in [0.2, 0.25) is 0 Å². The van der Waals surface area contributed by atoms with E-state index in [0.29, 0.717) is 0 Å². The maximum atomic E-state index is 4.52. The molecule has 0 unspecified atom stereocenters. The predicted molar refractivity (Wildman–Crippen MR) is 74.3 cm³/mol. The molecule has 0 amide bonds. The molecule has 0 heterocycles. The standard InChI is InChI=1S/C13H17N2Si.Li/c1-16(2,3)15-14-13-9-8-11-6-4-5-7-12(11)10-13;/h4-10,14H,1-3H3;/q-1;+1. The molecule has 0 aliphatic rings. The quantitative estimate of drug-likeness (QED) is 0.632. The van der Waals surface area contributed by atoms with Crippen molar-refractivity contribution in [2.24, 2.45) is 0 Å². The average molecular weight is 236 g/mol. The Balaban J connectivity index is 0.00000144. The normalized spacial score (nSPS) is 11.0. The van der Waals surface area contributed by atoms with Gasteiger partial charge in [-0.1, -0.05) is 58.2 Å². The van der Waals surface area contributed by atoms with Gasteiger partial charge < -0.3 is 10.5 Å². The van der Waals surface area contributed by atoms with Crippen molar-refractivity contribution in [1.82, 2.24) is 0 Å². The molecule has 2 aromatic carbocycles. The van der Waals surface area contributed by atoms with E-state index in [-0.39, 0.29) is 18.9 Å². The summed E-state index contributed by atoms with van der Waals surface area (Å²) >= 11 is 0. The molecule has 0 aromatic heterocycles. The van der Waals surface area contributed by atoms with Crippen LogP contribution in [-0.4, -0.2) is 8.24 Å². The first kappa shape index (κ1) is 14.3. The van der Waals surface area contributed by atoms with Gasteiger partial charge in [-0.15, -0.1) is 0 Å². The van der Waals surface area contributed by atoms with Crippen LogP contribution in [-0.2, 0) is 0 Å². The number of nitrogens with one attached hydrogen (secondary N) is 1. The van der Waals surface area contributed by atoms with Gasteiger partial charge in [-0.25, -0.2) is 0 Å². The molecule has 0 spiro atoms. The molecule has 2 rings (SSSR count). The molecule has 0 fully saturated rings. The second-order valence-electron chi connectivity index (χ2n) is 4.96. The van der Waals surface area contributed by atoms with Crippen molar-refractivity contribution in [3.63, 3.8) is 0 Å². The van der Waals surface area contributed by atoms with Crippen molar-refractivity contribution in [2.75, 3.05) is 5.43 Å². The van der Waals surface area contributed by atoms with E-state index >= 15 is 0 Å². The van der Waals surface area contributed by atoms with E-state index in [1.807, 2.05) is 0 Å². The van der Waals surface area contributed by atoms with Gasteiger partial charge in [0.1, 0.15) is 0 Å². The van der Waals surface area contributed by atoms with Crippen LogP contribution in [0.2, 0.25) is 19.6 Å². The minimum Gasteiger partial charge on any atom is -0.574 e. The molecule has 0 aliphatic carbocycles. The molecule has 0 atom stereocenters. The average Bonchev–Trinajstić information content (AvgIpc) is 2.25. The molecule has 0 saturated carbocycles. The Kier molecular flexibility index (Phi) is 4.84. The second kappa shape index (κ2) is 5.75. The first-order valence-electron chi connectivity index (χ1n) is 5.51. The maximum Gasteiger partial charge on any atom is 1.00 e. The van der Waals surface area contributed by atoms with Gasteiger partial charge in [0, 0.05) is 5.69 Å². The van der Waals surface area contributed by atoms with Crippen molar-refractivity contribution in [3.8, 4) is 0 Å². The first-order valence-corrected chi connectivity index (χ1v) is 8.96. The monoisotopic (exact) mass is 236 g/mol. The zero-order valence-corrected chi connectivity index (χ0v) is 12.0. The number of nitrogens with zero attached hydrogens (tertiary/aromatic N) is 1. The summed E-state index contributed by atoms with van der Waals surface area (Å²) < 4.78 is 0. The van der Waals surface area contributed by atoms with Crippen LogP contribution in [0.5, 0.6) is 0 Å². The summed E-state index contributed by atoms with van der Waals surface area (Å²) in [7, 11) is -1.39. The zero-order valence-electron chi connectivity index (χ0n) is 11.0. The molecule has 0 aliphatic heterocycles. The van der Waals surface area contributed by atoms with Crippen LogP contribution in [0.15, 0.2) is 42.5 Å². The fraction of sp³-hybridized carbons (Fsp3) is 0.231. The van der Waals surface area contributed by atoms with Crippen LogP contribution in [0.4, 0.5) is 5.69 Å². The van der Waals surface area contributed by atoms with Gasteiger partial charge in [-0.2, -0.15) is 0 Å². The van der Waals surface area contributed by atoms with Crippen molar-refractivity contribution in [1.29, 1.82) is 0 Å². The van der Waals surface area contributed by atoms with Gasteiger partial charge >= 0.3 is 18.9 Å². The minimum atomic E-state index is -1.39. The summed E-state index contributed by atoms with van der Waals surface area (Å²) in [6, 6.07) is 14.7. The van der Waals surface area contributed by atoms with Crippen molar-refractivity contribution in [2.45, 2.75) is 19.6 Å². The Morgan fingerprint density at radius 1 is 0.941 bits per heavy atom. The van der Waals surface area contributed by atoms with E-state index < -0.39 is 8.24 Å². The summed E-state index contributed by atoms with van der Waals surface area (Å²) in [5.41, 5.74) is 4.23. The summed E-state index contributed by atoms with van der Waals surface area (Å²) in [5.74, 6) is 0. The van der Waals surface area contributed by atoms with Gasteiger partial charge in [0.25, 0.3) is 0 Å². The molecule has 84 valence electrons. The molecule has 0 bridgehead atoms. The number of benzene rings is 2. The van der Waals surface area contributed by atoms with Crippen molar-refractivity contribution in [3.05, 3.63) is 47.6 Å². The molecular formula is C13H17LiN2Si. The Bertz CT molecular complexity index is 494. The largest absolute Gasteiger partial charge is 1.00 e. The Morgan fingerprint density at radius 2 is 1.59 bits per heavy atom. The number of anilines is 1. The second-order valence-corrected chi connectivity index (χ2v) is 9.52.